The molecule has 1 unspecified atom stereocenters. The quantitative estimate of drug-likeness (QED) is 0.685. The second kappa shape index (κ2) is 5.07. The van der Waals surface area contributed by atoms with Gasteiger partial charge >= 0.3 is 0 Å². The molecule has 0 aliphatic carbocycles. The Balaban J connectivity index is 2.59. The fourth-order valence-corrected chi connectivity index (χ4v) is 1.40. The smallest absolute Gasteiger partial charge is 0.163 e. The molecule has 0 aliphatic heterocycles. The van der Waals surface area contributed by atoms with E-state index >= 15 is 0 Å². The molecule has 0 amide bonds. The molecule has 70 valence electrons. The molecule has 0 aliphatic rings. The van der Waals surface area contributed by atoms with E-state index in [-0.39, 0.29) is 5.78 Å². The molecule has 1 aromatic carbocycles. The van der Waals surface area contributed by atoms with Gasteiger partial charge in [-0.25, -0.2) is 0 Å². The Morgan fingerprint density at radius 1 is 1.38 bits per heavy atom. The van der Waals surface area contributed by atoms with E-state index in [4.69, 9.17) is 0 Å². The number of rotatable bonds is 4. The van der Waals surface area contributed by atoms with E-state index in [1.54, 1.807) is 11.8 Å². The van der Waals surface area contributed by atoms with Crippen molar-refractivity contribution in [3.8, 4) is 0 Å². The average Bonchev–Trinajstić information content (AvgIpc) is 2.19. The lowest BCUT2D eigenvalue weighted by Crippen LogP contribution is -2.06. The van der Waals surface area contributed by atoms with Gasteiger partial charge in [0.05, 0.1) is 0 Å². The summed E-state index contributed by atoms with van der Waals surface area (Å²) in [7, 11) is 0. The van der Waals surface area contributed by atoms with E-state index in [9.17, 15) is 4.79 Å². The van der Waals surface area contributed by atoms with Crippen LogP contribution >= 0.6 is 11.8 Å². The van der Waals surface area contributed by atoms with Crippen LogP contribution in [0.4, 0.5) is 0 Å². The standard InChI is InChI=1S/C11H14OS/c1-9(13-2)8-11(12)10-6-4-3-5-7-10/h3-7,9H,8H2,1-2H3. The van der Waals surface area contributed by atoms with Crippen molar-refractivity contribution in [3.05, 3.63) is 35.9 Å². The fraction of sp³-hybridized carbons (Fsp3) is 0.364. The maximum absolute atomic E-state index is 11.6. The van der Waals surface area contributed by atoms with Crippen LogP contribution in [0.3, 0.4) is 0 Å². The van der Waals surface area contributed by atoms with Crippen LogP contribution in [-0.2, 0) is 0 Å². The molecule has 1 aromatic rings. The number of carbonyl (C=O) groups excluding carboxylic acids is 1. The zero-order chi connectivity index (χ0) is 9.68. The van der Waals surface area contributed by atoms with Gasteiger partial charge in [0, 0.05) is 17.2 Å². The summed E-state index contributed by atoms with van der Waals surface area (Å²) in [6.45, 7) is 2.07. The van der Waals surface area contributed by atoms with E-state index in [2.05, 4.69) is 6.92 Å². The summed E-state index contributed by atoms with van der Waals surface area (Å²) in [6.07, 6.45) is 2.66. The molecule has 1 rings (SSSR count). The van der Waals surface area contributed by atoms with E-state index < -0.39 is 0 Å². The Bertz CT molecular complexity index is 269. The third-order valence-electron chi connectivity index (χ3n) is 1.97. The molecule has 0 saturated heterocycles. The largest absolute Gasteiger partial charge is 0.294 e. The van der Waals surface area contributed by atoms with Crippen molar-refractivity contribution >= 4 is 17.5 Å². The van der Waals surface area contributed by atoms with Gasteiger partial charge < -0.3 is 0 Å². The molecule has 2 heteroatoms. The number of thioether (sulfide) groups is 1. The molecule has 0 bridgehead atoms. The first-order chi connectivity index (χ1) is 6.24. The van der Waals surface area contributed by atoms with Gasteiger partial charge in [-0.15, -0.1) is 0 Å². The van der Waals surface area contributed by atoms with Crippen molar-refractivity contribution in [3.63, 3.8) is 0 Å². The van der Waals surface area contributed by atoms with Gasteiger partial charge in [-0.2, -0.15) is 11.8 Å². The SMILES string of the molecule is CSC(C)CC(=O)c1ccccc1. The molecule has 0 fully saturated rings. The van der Waals surface area contributed by atoms with Crippen LogP contribution in [0, 0.1) is 0 Å². The number of Topliss-reactive ketones (excluding diaryl/α,β-unsaturated/α-hetero) is 1. The predicted molar refractivity (Wildman–Crippen MR) is 58.4 cm³/mol. The highest BCUT2D eigenvalue weighted by molar-refractivity contribution is 7.99. The molecule has 0 heterocycles. The molecule has 1 atom stereocenters. The third-order valence-corrected chi connectivity index (χ3v) is 2.94. The molecule has 1 nitrogen and oxygen atoms in total. The average molecular weight is 194 g/mol. The monoisotopic (exact) mass is 194 g/mol. The lowest BCUT2D eigenvalue weighted by Gasteiger charge is -2.06. The first kappa shape index (κ1) is 10.3. The van der Waals surface area contributed by atoms with Gasteiger partial charge in [0.15, 0.2) is 5.78 Å². The highest BCUT2D eigenvalue weighted by Gasteiger charge is 2.09. The van der Waals surface area contributed by atoms with Crippen molar-refractivity contribution in [2.45, 2.75) is 18.6 Å². The second-order valence-electron chi connectivity index (χ2n) is 3.04. The summed E-state index contributed by atoms with van der Waals surface area (Å²) in [5.74, 6) is 0.238. The summed E-state index contributed by atoms with van der Waals surface area (Å²) in [5.41, 5.74) is 0.823. The number of ketones is 1. The first-order valence-corrected chi connectivity index (χ1v) is 5.64. The van der Waals surface area contributed by atoms with E-state index in [1.165, 1.54) is 0 Å². The van der Waals surface area contributed by atoms with Crippen molar-refractivity contribution in [2.24, 2.45) is 0 Å². The maximum Gasteiger partial charge on any atom is 0.163 e. The third kappa shape index (κ3) is 3.23. The molecular weight excluding hydrogens is 180 g/mol. The highest BCUT2D eigenvalue weighted by atomic mass is 32.2. The van der Waals surface area contributed by atoms with Crippen molar-refractivity contribution in [2.75, 3.05) is 6.26 Å². The van der Waals surface area contributed by atoms with Gasteiger partial charge in [0.2, 0.25) is 0 Å². The van der Waals surface area contributed by atoms with Gasteiger partial charge in [-0.05, 0) is 6.26 Å². The van der Waals surface area contributed by atoms with Gasteiger partial charge in [-0.3, -0.25) is 4.79 Å². The fourth-order valence-electron chi connectivity index (χ4n) is 1.09. The lowest BCUT2D eigenvalue weighted by molar-refractivity contribution is 0.0983. The molecule has 0 radical (unpaired) electrons. The number of hydrogen-bond donors (Lipinski definition) is 0. The summed E-state index contributed by atoms with van der Waals surface area (Å²) in [6, 6.07) is 9.47. The minimum atomic E-state index is 0.238. The highest BCUT2D eigenvalue weighted by Crippen LogP contribution is 2.13. The van der Waals surface area contributed by atoms with Crippen LogP contribution < -0.4 is 0 Å². The molecule has 0 aromatic heterocycles. The molecule has 0 N–H and O–H groups in total. The maximum atomic E-state index is 11.6. The zero-order valence-corrected chi connectivity index (χ0v) is 8.80. The van der Waals surface area contributed by atoms with Crippen LogP contribution in [0.1, 0.15) is 23.7 Å². The van der Waals surface area contributed by atoms with Gasteiger partial charge in [-0.1, -0.05) is 37.3 Å². The topological polar surface area (TPSA) is 17.1 Å². The summed E-state index contributed by atoms with van der Waals surface area (Å²) in [5, 5.41) is 0.410. The number of carbonyl (C=O) groups is 1. The molecule has 13 heavy (non-hydrogen) atoms. The van der Waals surface area contributed by atoms with Crippen LogP contribution in [0.15, 0.2) is 30.3 Å². The Hall–Kier alpha value is -0.760. The Kier molecular flexibility index (Phi) is 4.03. The summed E-state index contributed by atoms with van der Waals surface area (Å²) in [4.78, 5) is 11.6. The Morgan fingerprint density at radius 3 is 2.54 bits per heavy atom. The minimum Gasteiger partial charge on any atom is -0.294 e. The predicted octanol–water partition coefficient (Wildman–Crippen LogP) is 3.01. The van der Waals surface area contributed by atoms with Crippen LogP contribution in [0.2, 0.25) is 0 Å². The molecule has 0 saturated carbocycles. The zero-order valence-electron chi connectivity index (χ0n) is 7.99. The Morgan fingerprint density at radius 2 is 2.00 bits per heavy atom. The van der Waals surface area contributed by atoms with Crippen LogP contribution in [0.5, 0.6) is 0 Å². The normalized spacial score (nSPS) is 12.5. The van der Waals surface area contributed by atoms with Gasteiger partial charge in [0.1, 0.15) is 0 Å². The van der Waals surface area contributed by atoms with Crippen LogP contribution in [0.25, 0.3) is 0 Å². The van der Waals surface area contributed by atoms with Crippen molar-refractivity contribution < 1.29 is 4.79 Å². The lowest BCUT2D eigenvalue weighted by atomic mass is 10.1. The molecule has 0 spiro atoms. The minimum absolute atomic E-state index is 0.238. The van der Waals surface area contributed by atoms with E-state index in [0.29, 0.717) is 11.7 Å². The van der Waals surface area contributed by atoms with Crippen molar-refractivity contribution in [1.82, 2.24) is 0 Å². The summed E-state index contributed by atoms with van der Waals surface area (Å²) >= 11 is 1.73. The van der Waals surface area contributed by atoms with Crippen LogP contribution in [-0.4, -0.2) is 17.3 Å². The van der Waals surface area contributed by atoms with Crippen molar-refractivity contribution in [1.29, 1.82) is 0 Å². The summed E-state index contributed by atoms with van der Waals surface area (Å²) < 4.78 is 0. The molecular formula is C11H14OS. The van der Waals surface area contributed by atoms with Gasteiger partial charge in [0.25, 0.3) is 0 Å². The second-order valence-corrected chi connectivity index (χ2v) is 4.32. The first-order valence-electron chi connectivity index (χ1n) is 4.35. The number of hydrogen-bond acceptors (Lipinski definition) is 2. The van der Waals surface area contributed by atoms with E-state index in [1.807, 2.05) is 36.6 Å². The Labute approximate surface area is 83.5 Å². The number of benzene rings is 1. The van der Waals surface area contributed by atoms with E-state index in [0.717, 1.165) is 5.56 Å².